The summed E-state index contributed by atoms with van der Waals surface area (Å²) in [5, 5.41) is 7.01. The van der Waals surface area contributed by atoms with Gasteiger partial charge in [-0.25, -0.2) is 4.98 Å². The molecular formula is C17H23ClN4O2. The van der Waals surface area contributed by atoms with Gasteiger partial charge in [-0.1, -0.05) is 12.1 Å². The summed E-state index contributed by atoms with van der Waals surface area (Å²) in [7, 11) is 0. The Kier molecular flexibility index (Phi) is 6.34. The van der Waals surface area contributed by atoms with Crippen LogP contribution >= 0.6 is 12.4 Å². The Morgan fingerprint density at radius 3 is 3.00 bits per heavy atom. The van der Waals surface area contributed by atoms with Gasteiger partial charge in [0, 0.05) is 25.0 Å². The highest BCUT2D eigenvalue weighted by molar-refractivity contribution is 5.85. The maximum Gasteiger partial charge on any atom is 0.261 e. The van der Waals surface area contributed by atoms with Crippen LogP contribution in [-0.4, -0.2) is 34.1 Å². The molecule has 1 saturated heterocycles. The SMILES string of the molecule is CC1CC(NC(=O)CCn2cnc3ccccc3c2=O)CCN1.Cl. The van der Waals surface area contributed by atoms with Crippen LogP contribution in [0.15, 0.2) is 35.4 Å². The number of aromatic nitrogens is 2. The van der Waals surface area contributed by atoms with Crippen LogP contribution in [0.4, 0.5) is 0 Å². The molecule has 2 unspecified atom stereocenters. The minimum absolute atomic E-state index is 0. The first-order valence-electron chi connectivity index (χ1n) is 8.10. The Bertz CT molecular complexity index is 762. The first kappa shape index (κ1) is 18.4. The summed E-state index contributed by atoms with van der Waals surface area (Å²) in [6.07, 6.45) is 3.71. The van der Waals surface area contributed by atoms with Crippen molar-refractivity contribution < 1.29 is 4.79 Å². The highest BCUT2D eigenvalue weighted by Gasteiger charge is 2.19. The average molecular weight is 351 g/mol. The van der Waals surface area contributed by atoms with Gasteiger partial charge >= 0.3 is 0 Å². The molecule has 2 heterocycles. The third kappa shape index (κ3) is 4.33. The molecule has 2 atom stereocenters. The molecule has 0 spiro atoms. The van der Waals surface area contributed by atoms with E-state index in [1.54, 1.807) is 6.07 Å². The van der Waals surface area contributed by atoms with E-state index in [4.69, 9.17) is 0 Å². The number of aryl methyl sites for hydroxylation is 1. The van der Waals surface area contributed by atoms with Gasteiger partial charge in [-0.05, 0) is 38.4 Å². The maximum absolute atomic E-state index is 12.4. The first-order valence-corrected chi connectivity index (χ1v) is 8.10. The minimum atomic E-state index is -0.0983. The van der Waals surface area contributed by atoms with E-state index >= 15 is 0 Å². The first-order chi connectivity index (χ1) is 11.1. The molecule has 2 aromatic rings. The molecule has 6 nitrogen and oxygen atoms in total. The lowest BCUT2D eigenvalue weighted by atomic mass is 10.0. The van der Waals surface area contributed by atoms with E-state index in [0.717, 1.165) is 19.4 Å². The lowest BCUT2D eigenvalue weighted by Gasteiger charge is -2.28. The van der Waals surface area contributed by atoms with Crippen molar-refractivity contribution in [1.82, 2.24) is 20.2 Å². The topological polar surface area (TPSA) is 76.0 Å². The molecule has 1 amide bonds. The van der Waals surface area contributed by atoms with Gasteiger partial charge in [0.25, 0.3) is 5.56 Å². The van der Waals surface area contributed by atoms with Gasteiger partial charge in [-0.2, -0.15) is 0 Å². The van der Waals surface area contributed by atoms with Crippen molar-refractivity contribution in [2.75, 3.05) is 6.54 Å². The van der Waals surface area contributed by atoms with Crippen LogP contribution in [0.1, 0.15) is 26.2 Å². The number of amides is 1. The van der Waals surface area contributed by atoms with Crippen molar-refractivity contribution in [1.29, 1.82) is 0 Å². The van der Waals surface area contributed by atoms with Crippen LogP contribution in [0.3, 0.4) is 0 Å². The molecule has 1 aromatic carbocycles. The number of nitrogens with one attached hydrogen (secondary N) is 2. The van der Waals surface area contributed by atoms with E-state index in [-0.39, 0.29) is 36.3 Å². The highest BCUT2D eigenvalue weighted by atomic mass is 35.5. The highest BCUT2D eigenvalue weighted by Crippen LogP contribution is 2.08. The number of rotatable bonds is 4. The monoisotopic (exact) mass is 350 g/mol. The predicted molar refractivity (Wildman–Crippen MR) is 96.5 cm³/mol. The lowest BCUT2D eigenvalue weighted by Crippen LogP contribution is -2.46. The van der Waals surface area contributed by atoms with Gasteiger partial charge < -0.3 is 10.6 Å². The fraction of sp³-hybridized carbons (Fsp3) is 0.471. The molecular weight excluding hydrogens is 328 g/mol. The average Bonchev–Trinajstić information content (AvgIpc) is 2.54. The second kappa shape index (κ2) is 8.26. The van der Waals surface area contributed by atoms with Crippen LogP contribution in [0, 0.1) is 0 Å². The van der Waals surface area contributed by atoms with Crippen LogP contribution in [0.5, 0.6) is 0 Å². The molecule has 1 aromatic heterocycles. The zero-order valence-electron chi connectivity index (χ0n) is 13.7. The second-order valence-electron chi connectivity index (χ2n) is 6.15. The minimum Gasteiger partial charge on any atom is -0.353 e. The Balaban J connectivity index is 0.00000208. The number of fused-ring (bicyclic) bond motifs is 1. The maximum atomic E-state index is 12.4. The molecule has 1 aliphatic heterocycles. The van der Waals surface area contributed by atoms with Gasteiger partial charge in [0.15, 0.2) is 0 Å². The van der Waals surface area contributed by atoms with Crippen LogP contribution < -0.4 is 16.2 Å². The van der Waals surface area contributed by atoms with Crippen molar-refractivity contribution in [2.24, 2.45) is 0 Å². The molecule has 0 radical (unpaired) electrons. The zero-order valence-corrected chi connectivity index (χ0v) is 14.5. The van der Waals surface area contributed by atoms with Crippen molar-refractivity contribution in [3.8, 4) is 0 Å². The number of carbonyl (C=O) groups is 1. The molecule has 2 N–H and O–H groups in total. The molecule has 0 bridgehead atoms. The number of piperidine rings is 1. The quantitative estimate of drug-likeness (QED) is 0.875. The van der Waals surface area contributed by atoms with Crippen molar-refractivity contribution >= 4 is 29.2 Å². The third-order valence-electron chi connectivity index (χ3n) is 4.30. The van der Waals surface area contributed by atoms with Gasteiger partial charge in [-0.15, -0.1) is 12.4 Å². The predicted octanol–water partition coefficient (Wildman–Crippen LogP) is 1.47. The van der Waals surface area contributed by atoms with E-state index in [0.29, 0.717) is 23.5 Å². The summed E-state index contributed by atoms with van der Waals surface area (Å²) in [6.45, 7) is 3.40. The normalized spacial score (nSPS) is 20.4. The number of halogens is 1. The Hall–Kier alpha value is -1.92. The van der Waals surface area contributed by atoms with Gasteiger partial charge in [0.05, 0.1) is 17.2 Å². The number of hydrogen-bond acceptors (Lipinski definition) is 4. The molecule has 130 valence electrons. The number of nitrogens with zero attached hydrogens (tertiary/aromatic N) is 2. The van der Waals surface area contributed by atoms with E-state index in [2.05, 4.69) is 22.5 Å². The molecule has 24 heavy (non-hydrogen) atoms. The van der Waals surface area contributed by atoms with Gasteiger partial charge in [0.2, 0.25) is 5.91 Å². The van der Waals surface area contributed by atoms with Gasteiger partial charge in [0.1, 0.15) is 0 Å². The number of benzene rings is 1. The van der Waals surface area contributed by atoms with E-state index in [1.807, 2.05) is 18.2 Å². The smallest absolute Gasteiger partial charge is 0.261 e. The summed E-state index contributed by atoms with van der Waals surface area (Å²) < 4.78 is 1.51. The number of para-hydroxylation sites is 1. The number of hydrogen-bond donors (Lipinski definition) is 2. The molecule has 0 saturated carbocycles. The van der Waals surface area contributed by atoms with Crippen LogP contribution in [0.25, 0.3) is 10.9 Å². The summed E-state index contributed by atoms with van der Waals surface area (Å²) in [5.74, 6) is -0.0100. The lowest BCUT2D eigenvalue weighted by molar-refractivity contribution is -0.122. The van der Waals surface area contributed by atoms with Crippen LogP contribution in [-0.2, 0) is 11.3 Å². The van der Waals surface area contributed by atoms with Crippen molar-refractivity contribution in [2.45, 2.75) is 44.8 Å². The van der Waals surface area contributed by atoms with E-state index < -0.39 is 0 Å². The van der Waals surface area contributed by atoms with E-state index in [1.165, 1.54) is 10.9 Å². The summed E-state index contributed by atoms with van der Waals surface area (Å²) in [6, 6.07) is 7.91. The summed E-state index contributed by atoms with van der Waals surface area (Å²) >= 11 is 0. The summed E-state index contributed by atoms with van der Waals surface area (Å²) in [4.78, 5) is 28.7. The van der Waals surface area contributed by atoms with E-state index in [9.17, 15) is 9.59 Å². The fourth-order valence-corrected chi connectivity index (χ4v) is 3.05. The van der Waals surface area contributed by atoms with Crippen LogP contribution in [0.2, 0.25) is 0 Å². The Labute approximate surface area is 147 Å². The largest absolute Gasteiger partial charge is 0.353 e. The number of carbonyl (C=O) groups excluding carboxylic acids is 1. The third-order valence-corrected chi connectivity index (χ3v) is 4.30. The van der Waals surface area contributed by atoms with Crippen molar-refractivity contribution in [3.63, 3.8) is 0 Å². The summed E-state index contributed by atoms with van der Waals surface area (Å²) in [5.41, 5.74) is 0.584. The van der Waals surface area contributed by atoms with Gasteiger partial charge in [-0.3, -0.25) is 14.2 Å². The molecule has 3 rings (SSSR count). The zero-order chi connectivity index (χ0) is 16.2. The Morgan fingerprint density at radius 2 is 2.21 bits per heavy atom. The standard InChI is InChI=1S/C17H22N4O2.ClH/c1-12-10-13(6-8-18-12)20-16(22)7-9-21-11-19-15-5-3-2-4-14(15)17(21)23;/h2-5,11-13,18H,6-10H2,1H3,(H,20,22);1H. The fourth-order valence-electron chi connectivity index (χ4n) is 3.05. The Morgan fingerprint density at radius 1 is 1.42 bits per heavy atom. The van der Waals surface area contributed by atoms with Crippen molar-refractivity contribution in [3.05, 3.63) is 40.9 Å². The molecule has 7 heteroatoms. The molecule has 1 fully saturated rings. The second-order valence-corrected chi connectivity index (χ2v) is 6.15. The molecule has 1 aliphatic rings. The molecule has 0 aliphatic carbocycles.